The second kappa shape index (κ2) is 3.88. The van der Waals surface area contributed by atoms with Gasteiger partial charge in [0.05, 0.1) is 6.10 Å². The normalized spacial score (nSPS) is 15.0. The highest BCUT2D eigenvalue weighted by Gasteiger charge is 2.27. The van der Waals surface area contributed by atoms with Crippen molar-refractivity contribution in [2.75, 3.05) is 0 Å². The summed E-state index contributed by atoms with van der Waals surface area (Å²) in [6.45, 7) is 1.97. The summed E-state index contributed by atoms with van der Waals surface area (Å²) in [5.74, 6) is -0.573. The Morgan fingerprint density at radius 2 is 2.40 bits per heavy atom. The molecule has 0 saturated heterocycles. The van der Waals surface area contributed by atoms with Crippen LogP contribution >= 0.6 is 0 Å². The Morgan fingerprint density at radius 3 is 2.93 bits per heavy atom. The molecule has 0 amide bonds. The first kappa shape index (κ1) is 9.96. The molecule has 1 aromatic rings. The SMILES string of the molecule is CCc1ccnc(C(=O)O)c1OC1CC1. The van der Waals surface area contributed by atoms with Crippen LogP contribution in [0.5, 0.6) is 5.75 Å². The predicted molar refractivity (Wildman–Crippen MR) is 54.2 cm³/mol. The number of carboxylic acids is 1. The third kappa shape index (κ3) is 2.09. The zero-order chi connectivity index (χ0) is 10.8. The van der Waals surface area contributed by atoms with Gasteiger partial charge in [0.15, 0.2) is 11.4 Å². The molecule has 1 fully saturated rings. The average molecular weight is 207 g/mol. The molecule has 4 heteroatoms. The van der Waals surface area contributed by atoms with Gasteiger partial charge in [-0.1, -0.05) is 6.92 Å². The Bertz CT molecular complexity index is 385. The van der Waals surface area contributed by atoms with Crippen LogP contribution in [0.1, 0.15) is 35.8 Å². The van der Waals surface area contributed by atoms with Gasteiger partial charge in [-0.05, 0) is 30.9 Å². The van der Waals surface area contributed by atoms with Crippen LogP contribution in [0.15, 0.2) is 12.3 Å². The van der Waals surface area contributed by atoms with Crippen LogP contribution in [-0.4, -0.2) is 22.2 Å². The van der Waals surface area contributed by atoms with Gasteiger partial charge in [0.2, 0.25) is 0 Å². The molecule has 0 spiro atoms. The van der Waals surface area contributed by atoms with Crippen molar-refractivity contribution < 1.29 is 14.6 Å². The smallest absolute Gasteiger partial charge is 0.358 e. The van der Waals surface area contributed by atoms with Crippen LogP contribution in [0.25, 0.3) is 0 Å². The Kier molecular flexibility index (Phi) is 2.58. The van der Waals surface area contributed by atoms with E-state index in [0.717, 1.165) is 24.8 Å². The lowest BCUT2D eigenvalue weighted by atomic mass is 10.1. The number of aryl methyl sites for hydroxylation is 1. The maximum atomic E-state index is 10.9. The van der Waals surface area contributed by atoms with Gasteiger partial charge < -0.3 is 9.84 Å². The second-order valence-corrected chi connectivity index (χ2v) is 3.62. The fourth-order valence-corrected chi connectivity index (χ4v) is 1.40. The van der Waals surface area contributed by atoms with Gasteiger partial charge in [0.25, 0.3) is 0 Å². The van der Waals surface area contributed by atoms with Gasteiger partial charge in [0, 0.05) is 6.20 Å². The van der Waals surface area contributed by atoms with Gasteiger partial charge in [-0.25, -0.2) is 9.78 Å². The lowest BCUT2D eigenvalue weighted by Gasteiger charge is -2.11. The number of carboxylic acid groups (broad SMARTS) is 1. The minimum Gasteiger partial charge on any atom is -0.488 e. The minimum atomic E-state index is -1.03. The van der Waals surface area contributed by atoms with E-state index in [1.54, 1.807) is 0 Å². The van der Waals surface area contributed by atoms with Crippen molar-refractivity contribution in [2.45, 2.75) is 32.3 Å². The quantitative estimate of drug-likeness (QED) is 0.818. The first-order valence-corrected chi connectivity index (χ1v) is 5.10. The van der Waals surface area contributed by atoms with Crippen molar-refractivity contribution in [1.29, 1.82) is 0 Å². The molecule has 1 N–H and O–H groups in total. The lowest BCUT2D eigenvalue weighted by molar-refractivity contribution is 0.0684. The maximum absolute atomic E-state index is 10.9. The lowest BCUT2D eigenvalue weighted by Crippen LogP contribution is -2.09. The van der Waals surface area contributed by atoms with Crippen molar-refractivity contribution in [3.8, 4) is 5.75 Å². The molecule has 0 radical (unpaired) electrons. The van der Waals surface area contributed by atoms with E-state index in [4.69, 9.17) is 9.84 Å². The molecule has 0 bridgehead atoms. The topological polar surface area (TPSA) is 59.4 Å². The van der Waals surface area contributed by atoms with Gasteiger partial charge in [0.1, 0.15) is 0 Å². The minimum absolute atomic E-state index is 0.0289. The molecule has 0 atom stereocenters. The summed E-state index contributed by atoms with van der Waals surface area (Å²) in [6.07, 6.45) is 4.48. The molecule has 80 valence electrons. The van der Waals surface area contributed by atoms with Crippen molar-refractivity contribution in [1.82, 2.24) is 4.98 Å². The fraction of sp³-hybridized carbons (Fsp3) is 0.455. The standard InChI is InChI=1S/C11H13NO3/c1-2-7-5-6-12-9(11(13)14)10(7)15-8-3-4-8/h5-6,8H,2-4H2,1H3,(H,13,14). The number of hydrogen-bond acceptors (Lipinski definition) is 3. The van der Waals surface area contributed by atoms with Crippen LogP contribution in [0, 0.1) is 0 Å². The molecule has 1 aliphatic carbocycles. The van der Waals surface area contributed by atoms with Crippen molar-refractivity contribution in [2.24, 2.45) is 0 Å². The van der Waals surface area contributed by atoms with Crippen LogP contribution < -0.4 is 4.74 Å². The predicted octanol–water partition coefficient (Wildman–Crippen LogP) is 1.88. The largest absolute Gasteiger partial charge is 0.488 e. The van der Waals surface area contributed by atoms with Crippen LogP contribution in [-0.2, 0) is 6.42 Å². The molecule has 0 aliphatic heterocycles. The molecule has 15 heavy (non-hydrogen) atoms. The molecule has 1 aliphatic rings. The number of ether oxygens (including phenoxy) is 1. The zero-order valence-corrected chi connectivity index (χ0v) is 8.56. The second-order valence-electron chi connectivity index (χ2n) is 3.62. The van der Waals surface area contributed by atoms with E-state index >= 15 is 0 Å². The summed E-state index contributed by atoms with van der Waals surface area (Å²) in [4.78, 5) is 14.8. The number of hydrogen-bond donors (Lipinski definition) is 1. The van der Waals surface area contributed by atoms with E-state index in [2.05, 4.69) is 4.98 Å². The highest BCUT2D eigenvalue weighted by molar-refractivity contribution is 5.89. The first-order valence-electron chi connectivity index (χ1n) is 5.10. The molecule has 4 nitrogen and oxygen atoms in total. The molecule has 0 unspecified atom stereocenters. The molecular weight excluding hydrogens is 194 g/mol. The Labute approximate surface area is 87.9 Å². The summed E-state index contributed by atoms with van der Waals surface area (Å²) >= 11 is 0. The van der Waals surface area contributed by atoms with E-state index in [1.807, 2.05) is 13.0 Å². The van der Waals surface area contributed by atoms with Gasteiger partial charge >= 0.3 is 5.97 Å². The molecule has 1 saturated carbocycles. The highest BCUT2D eigenvalue weighted by atomic mass is 16.5. The summed E-state index contributed by atoms with van der Waals surface area (Å²) in [6, 6.07) is 1.81. The summed E-state index contributed by atoms with van der Waals surface area (Å²) < 4.78 is 5.60. The Balaban J connectivity index is 2.38. The molecular formula is C11H13NO3. The van der Waals surface area contributed by atoms with E-state index in [1.165, 1.54) is 6.20 Å². The van der Waals surface area contributed by atoms with Crippen LogP contribution in [0.4, 0.5) is 0 Å². The summed E-state index contributed by atoms with van der Waals surface area (Å²) in [7, 11) is 0. The number of carbonyl (C=O) groups is 1. The first-order chi connectivity index (χ1) is 7.22. The van der Waals surface area contributed by atoms with Gasteiger partial charge in [-0.15, -0.1) is 0 Å². The maximum Gasteiger partial charge on any atom is 0.358 e. The van der Waals surface area contributed by atoms with Gasteiger partial charge in [-0.3, -0.25) is 0 Å². The molecule has 0 aromatic carbocycles. The van der Waals surface area contributed by atoms with Crippen LogP contribution in [0.2, 0.25) is 0 Å². The monoisotopic (exact) mass is 207 g/mol. The number of pyridine rings is 1. The number of rotatable bonds is 4. The average Bonchev–Trinajstić information content (AvgIpc) is 3.01. The van der Waals surface area contributed by atoms with Crippen LogP contribution in [0.3, 0.4) is 0 Å². The highest BCUT2D eigenvalue weighted by Crippen LogP contribution is 2.31. The third-order valence-electron chi connectivity index (χ3n) is 2.38. The van der Waals surface area contributed by atoms with Crippen molar-refractivity contribution in [3.05, 3.63) is 23.5 Å². The van der Waals surface area contributed by atoms with Gasteiger partial charge in [-0.2, -0.15) is 0 Å². The van der Waals surface area contributed by atoms with E-state index in [0.29, 0.717) is 5.75 Å². The molecule has 2 rings (SSSR count). The summed E-state index contributed by atoms with van der Waals surface area (Å²) in [5, 5.41) is 8.98. The van der Waals surface area contributed by atoms with Crippen molar-refractivity contribution >= 4 is 5.97 Å². The fourth-order valence-electron chi connectivity index (χ4n) is 1.40. The van der Waals surface area contributed by atoms with E-state index in [9.17, 15) is 4.79 Å². The van der Waals surface area contributed by atoms with E-state index < -0.39 is 5.97 Å². The number of nitrogens with zero attached hydrogens (tertiary/aromatic N) is 1. The zero-order valence-electron chi connectivity index (χ0n) is 8.56. The molecule has 1 aromatic heterocycles. The Hall–Kier alpha value is -1.58. The van der Waals surface area contributed by atoms with Crippen molar-refractivity contribution in [3.63, 3.8) is 0 Å². The molecule has 1 heterocycles. The van der Waals surface area contributed by atoms with E-state index in [-0.39, 0.29) is 11.8 Å². The third-order valence-corrected chi connectivity index (χ3v) is 2.38. The number of aromatic nitrogens is 1. The number of aromatic carboxylic acids is 1. The summed E-state index contributed by atoms with van der Waals surface area (Å²) in [5.41, 5.74) is 0.940. The Morgan fingerprint density at radius 1 is 1.67 bits per heavy atom.